The third kappa shape index (κ3) is 3.71. The molecule has 6 heteroatoms. The molecule has 2 heterocycles. The van der Waals surface area contributed by atoms with Crippen LogP contribution >= 0.6 is 12.2 Å². The Morgan fingerprint density at radius 3 is 2.78 bits per heavy atom. The molecule has 5 nitrogen and oxygen atoms in total. The molecule has 1 aliphatic heterocycles. The Balaban J connectivity index is 1.55. The first-order chi connectivity index (χ1) is 13.1. The lowest BCUT2D eigenvalue weighted by Gasteiger charge is -2.25. The third-order valence-corrected chi connectivity index (χ3v) is 5.44. The second-order valence-electron chi connectivity index (χ2n) is 6.99. The summed E-state index contributed by atoms with van der Waals surface area (Å²) in [5, 5.41) is 0.502. The van der Waals surface area contributed by atoms with Gasteiger partial charge in [-0.2, -0.15) is 0 Å². The van der Waals surface area contributed by atoms with Crippen LogP contribution in [-0.2, 0) is 6.42 Å². The first-order valence-corrected chi connectivity index (χ1v) is 9.64. The van der Waals surface area contributed by atoms with Crippen molar-refractivity contribution < 1.29 is 4.79 Å². The van der Waals surface area contributed by atoms with Gasteiger partial charge in [0.25, 0.3) is 11.5 Å². The highest BCUT2D eigenvalue weighted by Gasteiger charge is 2.29. The number of carbonyl (C=O) groups is 1. The van der Waals surface area contributed by atoms with Crippen molar-refractivity contribution in [3.8, 4) is 0 Å². The molecule has 1 amide bonds. The quantitative estimate of drug-likeness (QED) is 0.677. The van der Waals surface area contributed by atoms with Crippen LogP contribution in [0.3, 0.4) is 0 Å². The lowest BCUT2D eigenvalue weighted by Crippen LogP contribution is -2.35. The maximum atomic E-state index is 13.1. The summed E-state index contributed by atoms with van der Waals surface area (Å²) in [7, 11) is 0. The van der Waals surface area contributed by atoms with Gasteiger partial charge in [0, 0.05) is 18.2 Å². The fourth-order valence-corrected chi connectivity index (χ4v) is 4.05. The highest BCUT2D eigenvalue weighted by Crippen LogP contribution is 2.24. The van der Waals surface area contributed by atoms with E-state index in [1.807, 2.05) is 23.1 Å². The second kappa shape index (κ2) is 7.48. The molecule has 0 radical (unpaired) electrons. The Labute approximate surface area is 162 Å². The fourth-order valence-electron chi connectivity index (χ4n) is 3.85. The van der Waals surface area contributed by atoms with Crippen molar-refractivity contribution in [2.45, 2.75) is 31.7 Å². The third-order valence-electron chi connectivity index (χ3n) is 5.23. The molecule has 0 bridgehead atoms. The summed E-state index contributed by atoms with van der Waals surface area (Å²) in [5.74, 6) is 0.0204. The zero-order valence-corrected chi connectivity index (χ0v) is 15.7. The van der Waals surface area contributed by atoms with E-state index < -0.39 is 0 Å². The van der Waals surface area contributed by atoms with E-state index >= 15 is 0 Å². The van der Waals surface area contributed by atoms with Crippen LogP contribution < -0.4 is 5.56 Å². The summed E-state index contributed by atoms with van der Waals surface area (Å²) in [6.07, 6.45) is 4.00. The highest BCUT2D eigenvalue weighted by molar-refractivity contribution is 7.71. The van der Waals surface area contributed by atoms with E-state index in [-0.39, 0.29) is 22.3 Å². The Bertz CT molecular complexity index is 1090. The predicted octanol–water partition coefficient (Wildman–Crippen LogP) is 3.82. The number of likely N-dealkylation sites (tertiary alicyclic amines) is 1. The van der Waals surface area contributed by atoms with E-state index in [1.54, 1.807) is 18.2 Å². The van der Waals surface area contributed by atoms with Crippen molar-refractivity contribution >= 4 is 29.0 Å². The largest absolute Gasteiger partial charge is 0.336 e. The van der Waals surface area contributed by atoms with Gasteiger partial charge in [-0.3, -0.25) is 14.6 Å². The molecule has 1 unspecified atom stereocenters. The molecule has 1 atom stereocenters. The summed E-state index contributed by atoms with van der Waals surface area (Å²) in [6, 6.07) is 15.8. The minimum atomic E-state index is -0.241. The van der Waals surface area contributed by atoms with E-state index in [0.29, 0.717) is 16.5 Å². The number of benzene rings is 2. The summed E-state index contributed by atoms with van der Waals surface area (Å²) >= 11 is 5.04. The van der Waals surface area contributed by atoms with Crippen LogP contribution in [0.2, 0.25) is 0 Å². The van der Waals surface area contributed by atoms with Gasteiger partial charge in [-0.05, 0) is 61.7 Å². The van der Waals surface area contributed by atoms with E-state index in [4.69, 9.17) is 12.2 Å². The first kappa shape index (κ1) is 17.7. The van der Waals surface area contributed by atoms with Crippen molar-refractivity contribution in [3.05, 3.63) is 74.8 Å². The molecule has 1 aliphatic rings. The molecule has 3 aromatic rings. The van der Waals surface area contributed by atoms with Crippen LogP contribution in [0, 0.1) is 4.77 Å². The van der Waals surface area contributed by atoms with Gasteiger partial charge in [0.15, 0.2) is 4.77 Å². The molecular weight excluding hydrogens is 358 g/mol. The SMILES string of the molecule is O=C(c1ccc2c(=O)[nH]c(=S)[nH]c2c1)N1CCCC1CCc1ccccc1. The number of fused-ring (bicyclic) bond motifs is 1. The van der Waals surface area contributed by atoms with Gasteiger partial charge in [0.1, 0.15) is 0 Å². The van der Waals surface area contributed by atoms with E-state index in [9.17, 15) is 9.59 Å². The summed E-state index contributed by atoms with van der Waals surface area (Å²) in [4.78, 5) is 32.6. The molecule has 27 heavy (non-hydrogen) atoms. The number of nitrogens with zero attached hydrogens (tertiary/aromatic N) is 1. The van der Waals surface area contributed by atoms with Crippen LogP contribution in [0.25, 0.3) is 10.9 Å². The zero-order valence-electron chi connectivity index (χ0n) is 14.9. The van der Waals surface area contributed by atoms with Gasteiger partial charge >= 0.3 is 0 Å². The van der Waals surface area contributed by atoms with Crippen LogP contribution in [0.15, 0.2) is 53.3 Å². The van der Waals surface area contributed by atoms with Crippen molar-refractivity contribution in [2.75, 3.05) is 6.54 Å². The minimum absolute atomic E-state index is 0.0204. The molecule has 0 aliphatic carbocycles. The highest BCUT2D eigenvalue weighted by atomic mass is 32.1. The lowest BCUT2D eigenvalue weighted by molar-refractivity contribution is 0.0731. The number of carbonyl (C=O) groups excluding carboxylic acids is 1. The molecule has 138 valence electrons. The standard InChI is InChI=1S/C21H21N3O2S/c25-19-17-11-9-15(13-18(17)22-21(27)23-19)20(26)24-12-4-7-16(24)10-8-14-5-2-1-3-6-14/h1-3,5-6,9,11,13,16H,4,7-8,10,12H2,(H2,22,23,25,27). The minimum Gasteiger partial charge on any atom is -0.336 e. The maximum absolute atomic E-state index is 13.1. The smallest absolute Gasteiger partial charge is 0.259 e. The van der Waals surface area contributed by atoms with Crippen LogP contribution in [-0.4, -0.2) is 33.4 Å². The van der Waals surface area contributed by atoms with Gasteiger partial charge in [0.05, 0.1) is 10.9 Å². The number of aromatic amines is 2. The maximum Gasteiger partial charge on any atom is 0.259 e. The number of H-pyrrole nitrogens is 2. The molecule has 4 rings (SSSR count). The van der Waals surface area contributed by atoms with E-state index in [1.165, 1.54) is 5.56 Å². The van der Waals surface area contributed by atoms with Gasteiger partial charge in [0.2, 0.25) is 0 Å². The van der Waals surface area contributed by atoms with Crippen LogP contribution in [0.1, 0.15) is 35.2 Å². The average molecular weight is 379 g/mol. The van der Waals surface area contributed by atoms with Crippen LogP contribution in [0.4, 0.5) is 0 Å². The van der Waals surface area contributed by atoms with Gasteiger partial charge in [-0.25, -0.2) is 0 Å². The molecule has 1 aromatic heterocycles. The summed E-state index contributed by atoms with van der Waals surface area (Å²) < 4.78 is 0.263. The fraction of sp³-hybridized carbons (Fsp3) is 0.286. The predicted molar refractivity (Wildman–Crippen MR) is 109 cm³/mol. The Hall–Kier alpha value is -2.73. The van der Waals surface area contributed by atoms with Crippen molar-refractivity contribution in [1.29, 1.82) is 0 Å². The Morgan fingerprint density at radius 2 is 1.96 bits per heavy atom. The molecule has 0 spiro atoms. The second-order valence-corrected chi connectivity index (χ2v) is 7.40. The average Bonchev–Trinajstić information content (AvgIpc) is 3.14. The van der Waals surface area contributed by atoms with Gasteiger partial charge in [-0.1, -0.05) is 30.3 Å². The first-order valence-electron chi connectivity index (χ1n) is 9.23. The topological polar surface area (TPSA) is 69.0 Å². The molecule has 2 N–H and O–H groups in total. The number of rotatable bonds is 4. The Kier molecular flexibility index (Phi) is 4.90. The van der Waals surface area contributed by atoms with E-state index in [2.05, 4.69) is 22.1 Å². The number of nitrogens with one attached hydrogen (secondary N) is 2. The monoisotopic (exact) mass is 379 g/mol. The number of amides is 1. The van der Waals surface area contributed by atoms with E-state index in [0.717, 1.165) is 32.2 Å². The van der Waals surface area contributed by atoms with Crippen molar-refractivity contribution in [1.82, 2.24) is 14.9 Å². The van der Waals surface area contributed by atoms with Crippen LogP contribution in [0.5, 0.6) is 0 Å². The molecule has 2 aromatic carbocycles. The Morgan fingerprint density at radius 1 is 1.15 bits per heavy atom. The molecule has 1 fully saturated rings. The summed E-state index contributed by atoms with van der Waals surface area (Å²) in [5.41, 5.74) is 2.24. The number of aryl methyl sites for hydroxylation is 1. The molecular formula is C21H21N3O2S. The number of hydrogen-bond acceptors (Lipinski definition) is 3. The normalized spacial score (nSPS) is 16.7. The number of hydrogen-bond donors (Lipinski definition) is 2. The lowest BCUT2D eigenvalue weighted by atomic mass is 10.0. The van der Waals surface area contributed by atoms with Gasteiger partial charge in [-0.15, -0.1) is 0 Å². The number of aromatic nitrogens is 2. The van der Waals surface area contributed by atoms with Gasteiger partial charge < -0.3 is 9.88 Å². The summed E-state index contributed by atoms with van der Waals surface area (Å²) in [6.45, 7) is 0.779. The zero-order chi connectivity index (χ0) is 18.8. The van der Waals surface area contributed by atoms with Crippen molar-refractivity contribution in [2.24, 2.45) is 0 Å². The molecule has 1 saturated heterocycles. The molecule has 0 saturated carbocycles. The van der Waals surface area contributed by atoms with Crippen molar-refractivity contribution in [3.63, 3.8) is 0 Å².